The average Bonchev–Trinajstić information content (AvgIpc) is 2.96. The smallest absolute Gasteiger partial charge is 0.281 e. The van der Waals surface area contributed by atoms with Crippen molar-refractivity contribution < 1.29 is 14.3 Å². The van der Waals surface area contributed by atoms with Crippen LogP contribution in [0.1, 0.15) is 10.4 Å². The minimum absolute atomic E-state index is 0.378. The molecule has 1 amide bonds. The molecule has 1 aromatic heterocycles. The van der Waals surface area contributed by atoms with E-state index in [2.05, 4.69) is 11.6 Å². The third kappa shape index (κ3) is 3.02. The molecule has 5 nitrogen and oxygen atoms in total. The molecule has 4 rings (SSSR count). The number of carbonyl (C=O) groups is 1. The number of rotatable bonds is 3. The Morgan fingerprint density at radius 3 is 2.73 bits per heavy atom. The van der Waals surface area contributed by atoms with Gasteiger partial charge in [-0.1, -0.05) is 41.1 Å². The molecule has 0 atom stereocenters. The van der Waals surface area contributed by atoms with E-state index in [4.69, 9.17) is 21.1 Å². The van der Waals surface area contributed by atoms with Crippen molar-refractivity contribution in [2.24, 2.45) is 4.99 Å². The lowest BCUT2D eigenvalue weighted by atomic mass is 10.2. The van der Waals surface area contributed by atoms with E-state index in [0.717, 1.165) is 10.2 Å². The number of hydrogen-bond acceptors (Lipinski definition) is 4. The molecule has 0 aliphatic carbocycles. The molecule has 2 heterocycles. The van der Waals surface area contributed by atoms with Gasteiger partial charge in [-0.15, -0.1) is 6.58 Å². The van der Waals surface area contributed by atoms with Crippen LogP contribution in [-0.4, -0.2) is 23.7 Å². The summed E-state index contributed by atoms with van der Waals surface area (Å²) in [6.45, 7) is 5.37. The number of fused-ring (bicyclic) bond motifs is 2. The first-order valence-electron chi connectivity index (χ1n) is 8.05. The number of ether oxygens (including phenoxy) is 2. The number of allylic oxidation sites excluding steroid dienone is 1. The van der Waals surface area contributed by atoms with Crippen molar-refractivity contribution in [2.45, 2.75) is 6.54 Å². The highest BCUT2D eigenvalue weighted by Crippen LogP contribution is 2.35. The van der Waals surface area contributed by atoms with Crippen LogP contribution >= 0.6 is 22.9 Å². The van der Waals surface area contributed by atoms with Crippen LogP contribution in [0.3, 0.4) is 0 Å². The summed E-state index contributed by atoms with van der Waals surface area (Å²) >= 11 is 7.53. The van der Waals surface area contributed by atoms with Crippen molar-refractivity contribution in [1.29, 1.82) is 0 Å². The number of aromatic nitrogens is 1. The van der Waals surface area contributed by atoms with Crippen LogP contribution in [0.2, 0.25) is 5.02 Å². The van der Waals surface area contributed by atoms with Gasteiger partial charge in [0.2, 0.25) is 0 Å². The summed E-state index contributed by atoms with van der Waals surface area (Å²) in [6, 6.07) is 10.7. The number of hydrogen-bond donors (Lipinski definition) is 0. The summed E-state index contributed by atoms with van der Waals surface area (Å²) < 4.78 is 14.2. The maximum atomic E-state index is 12.6. The first kappa shape index (κ1) is 16.9. The van der Waals surface area contributed by atoms with E-state index in [9.17, 15) is 4.79 Å². The van der Waals surface area contributed by atoms with Gasteiger partial charge in [0.05, 0.1) is 20.8 Å². The van der Waals surface area contributed by atoms with Crippen molar-refractivity contribution in [1.82, 2.24) is 4.57 Å². The first-order chi connectivity index (χ1) is 12.7. The van der Waals surface area contributed by atoms with Crippen LogP contribution < -0.4 is 14.3 Å². The van der Waals surface area contributed by atoms with Crippen LogP contribution in [0.5, 0.6) is 11.5 Å². The SMILES string of the molecule is C=CCn1c(=NC(=O)c2ccccc2Cl)sc2cc3c(cc21)OCCO3. The Hall–Kier alpha value is -2.57. The van der Waals surface area contributed by atoms with Crippen LogP contribution in [-0.2, 0) is 6.54 Å². The normalized spacial score (nSPS) is 13.8. The summed E-state index contributed by atoms with van der Waals surface area (Å²) in [7, 11) is 0. The molecule has 1 aliphatic rings. The van der Waals surface area contributed by atoms with Crippen molar-refractivity contribution in [3.63, 3.8) is 0 Å². The van der Waals surface area contributed by atoms with Crippen molar-refractivity contribution in [3.8, 4) is 11.5 Å². The Labute approximate surface area is 158 Å². The summed E-state index contributed by atoms with van der Waals surface area (Å²) in [5.41, 5.74) is 1.30. The van der Waals surface area contributed by atoms with E-state index in [1.807, 2.05) is 16.7 Å². The van der Waals surface area contributed by atoms with Gasteiger partial charge in [-0.25, -0.2) is 0 Å². The van der Waals surface area contributed by atoms with Gasteiger partial charge in [0, 0.05) is 18.7 Å². The van der Waals surface area contributed by atoms with Crippen molar-refractivity contribution in [2.75, 3.05) is 13.2 Å². The molecule has 1 aliphatic heterocycles. The fourth-order valence-corrected chi connectivity index (χ4v) is 4.04. The van der Waals surface area contributed by atoms with E-state index in [-0.39, 0.29) is 5.91 Å². The minimum atomic E-state index is -0.378. The molecule has 2 aromatic carbocycles. The Kier molecular flexibility index (Phi) is 4.53. The number of halogens is 1. The molecule has 0 unspecified atom stereocenters. The number of amides is 1. The lowest BCUT2D eigenvalue weighted by Gasteiger charge is -2.18. The van der Waals surface area contributed by atoms with Gasteiger partial charge in [-0.3, -0.25) is 4.79 Å². The van der Waals surface area contributed by atoms with Crippen molar-refractivity contribution in [3.05, 3.63) is 64.4 Å². The summed E-state index contributed by atoms with van der Waals surface area (Å²) in [5.74, 6) is 1.03. The maximum absolute atomic E-state index is 12.6. The fourth-order valence-electron chi connectivity index (χ4n) is 2.78. The van der Waals surface area contributed by atoms with Crippen molar-refractivity contribution >= 4 is 39.1 Å². The predicted octanol–water partition coefficient (Wildman–Crippen LogP) is 4.05. The number of nitrogens with zero attached hydrogens (tertiary/aromatic N) is 2. The zero-order chi connectivity index (χ0) is 18.1. The van der Waals surface area contributed by atoms with E-state index in [0.29, 0.717) is 46.6 Å². The maximum Gasteiger partial charge on any atom is 0.281 e. The van der Waals surface area contributed by atoms with Gasteiger partial charge < -0.3 is 14.0 Å². The van der Waals surface area contributed by atoms with Gasteiger partial charge in [-0.2, -0.15) is 4.99 Å². The van der Waals surface area contributed by atoms with Gasteiger partial charge >= 0.3 is 0 Å². The van der Waals surface area contributed by atoms with E-state index in [1.54, 1.807) is 30.3 Å². The zero-order valence-corrected chi connectivity index (χ0v) is 15.3. The lowest BCUT2D eigenvalue weighted by molar-refractivity contribution is 0.0998. The highest BCUT2D eigenvalue weighted by Gasteiger charge is 2.17. The fraction of sp³-hybridized carbons (Fsp3) is 0.158. The molecular weight excluding hydrogens is 372 g/mol. The Bertz CT molecular complexity index is 1080. The molecule has 0 radical (unpaired) electrons. The molecule has 0 bridgehead atoms. The van der Waals surface area contributed by atoms with Crippen LogP contribution in [0.25, 0.3) is 10.2 Å². The quantitative estimate of drug-likeness (QED) is 0.638. The van der Waals surface area contributed by atoms with Gasteiger partial charge in [0.25, 0.3) is 5.91 Å². The second-order valence-corrected chi connectivity index (χ2v) is 7.06. The van der Waals surface area contributed by atoms with E-state index in [1.165, 1.54) is 11.3 Å². The molecule has 0 spiro atoms. The monoisotopic (exact) mass is 386 g/mol. The van der Waals surface area contributed by atoms with Crippen LogP contribution in [0.15, 0.2) is 54.0 Å². The number of benzene rings is 2. The summed E-state index contributed by atoms with van der Waals surface area (Å²) in [6.07, 6.45) is 1.77. The molecular formula is C19H15ClN2O3S. The average molecular weight is 387 g/mol. The third-order valence-corrected chi connectivity index (χ3v) is 5.33. The summed E-state index contributed by atoms with van der Waals surface area (Å²) in [4.78, 5) is 17.5. The van der Waals surface area contributed by atoms with Gasteiger partial charge in [0.1, 0.15) is 13.2 Å². The molecule has 0 N–H and O–H groups in total. The molecule has 0 saturated heterocycles. The first-order valence-corrected chi connectivity index (χ1v) is 9.24. The number of thiazole rings is 1. The Balaban J connectivity index is 1.88. The Morgan fingerprint density at radius 1 is 1.27 bits per heavy atom. The largest absolute Gasteiger partial charge is 0.486 e. The predicted molar refractivity (Wildman–Crippen MR) is 102 cm³/mol. The van der Waals surface area contributed by atoms with E-state index < -0.39 is 0 Å². The molecule has 7 heteroatoms. The summed E-state index contributed by atoms with van der Waals surface area (Å²) in [5, 5.41) is 0.384. The zero-order valence-electron chi connectivity index (χ0n) is 13.8. The molecule has 26 heavy (non-hydrogen) atoms. The van der Waals surface area contributed by atoms with Gasteiger partial charge in [0.15, 0.2) is 16.3 Å². The molecule has 0 saturated carbocycles. The van der Waals surface area contributed by atoms with E-state index >= 15 is 0 Å². The van der Waals surface area contributed by atoms with Crippen LogP contribution in [0.4, 0.5) is 0 Å². The third-order valence-electron chi connectivity index (χ3n) is 3.96. The molecule has 3 aromatic rings. The number of carbonyl (C=O) groups excluding carboxylic acids is 1. The Morgan fingerprint density at radius 2 is 2.00 bits per heavy atom. The minimum Gasteiger partial charge on any atom is -0.486 e. The molecule has 0 fully saturated rings. The standard InChI is InChI=1S/C19H15ClN2O3S/c1-2-7-22-14-10-15-16(25-9-8-24-15)11-17(14)26-19(22)21-18(23)12-5-3-4-6-13(12)20/h2-6,10-11H,1,7-9H2. The highest BCUT2D eigenvalue weighted by atomic mass is 35.5. The van der Waals surface area contributed by atoms with Crippen LogP contribution in [0, 0.1) is 0 Å². The topological polar surface area (TPSA) is 52.8 Å². The van der Waals surface area contributed by atoms with Gasteiger partial charge in [-0.05, 0) is 12.1 Å². The molecule has 132 valence electrons. The lowest BCUT2D eigenvalue weighted by Crippen LogP contribution is -2.17. The second-order valence-electron chi connectivity index (χ2n) is 5.64. The second kappa shape index (κ2) is 6.97. The highest BCUT2D eigenvalue weighted by molar-refractivity contribution is 7.16.